The molecule has 0 radical (unpaired) electrons. The lowest BCUT2D eigenvalue weighted by Gasteiger charge is -2.44. The molecule has 1 aromatic carbocycles. The average Bonchev–Trinajstić information content (AvgIpc) is 2.49. The lowest BCUT2D eigenvalue weighted by Crippen LogP contribution is -2.57. The molecule has 3 aliphatic rings. The second kappa shape index (κ2) is 5.89. The van der Waals surface area contributed by atoms with E-state index in [2.05, 4.69) is 38.1 Å². The highest BCUT2D eigenvalue weighted by Crippen LogP contribution is 2.28. The fraction of sp³-hybridized carbons (Fsp3) is 0.533. The molecule has 4 nitrogen and oxygen atoms in total. The van der Waals surface area contributed by atoms with Gasteiger partial charge in [0, 0.05) is 34.5 Å². The summed E-state index contributed by atoms with van der Waals surface area (Å²) in [5.74, 6) is 0.716. The quantitative estimate of drug-likeness (QED) is 0.784. The van der Waals surface area contributed by atoms with Gasteiger partial charge < -0.3 is 15.5 Å². The number of rotatable bonds is 3. The van der Waals surface area contributed by atoms with Crippen LogP contribution in [0.5, 0.6) is 0 Å². The van der Waals surface area contributed by atoms with Crippen molar-refractivity contribution in [2.45, 2.75) is 18.9 Å². The Morgan fingerprint density at radius 3 is 2.70 bits per heavy atom. The monoisotopic (exact) mass is 385 g/mol. The van der Waals surface area contributed by atoms with E-state index in [1.165, 1.54) is 25.9 Å². The molecule has 1 atom stereocenters. The van der Waals surface area contributed by atoms with Gasteiger partial charge in [0.1, 0.15) is 0 Å². The van der Waals surface area contributed by atoms with Crippen molar-refractivity contribution in [2.24, 2.45) is 5.92 Å². The maximum atomic E-state index is 12.4. The smallest absolute Gasteiger partial charge is 0.251 e. The van der Waals surface area contributed by atoms with Crippen molar-refractivity contribution in [3.8, 4) is 0 Å². The van der Waals surface area contributed by atoms with Crippen LogP contribution in [0.4, 0.5) is 5.69 Å². The summed E-state index contributed by atoms with van der Waals surface area (Å²) in [6, 6.07) is 6.14. The molecule has 0 saturated carbocycles. The number of fused-ring (bicyclic) bond motifs is 3. The van der Waals surface area contributed by atoms with E-state index in [0.717, 1.165) is 21.4 Å². The van der Waals surface area contributed by atoms with Gasteiger partial charge in [-0.25, -0.2) is 0 Å². The zero-order chi connectivity index (χ0) is 14.1. The van der Waals surface area contributed by atoms with Gasteiger partial charge in [-0.1, -0.05) is 0 Å². The summed E-state index contributed by atoms with van der Waals surface area (Å²) >= 11 is 2.27. The molecule has 4 rings (SSSR count). The zero-order valence-electron chi connectivity index (χ0n) is 11.7. The molecule has 0 spiro atoms. The van der Waals surface area contributed by atoms with E-state index in [1.54, 1.807) is 0 Å². The summed E-state index contributed by atoms with van der Waals surface area (Å²) in [5.41, 5.74) is 1.75. The molecule has 20 heavy (non-hydrogen) atoms. The summed E-state index contributed by atoms with van der Waals surface area (Å²) in [7, 11) is 1.88. The highest BCUT2D eigenvalue weighted by molar-refractivity contribution is 14.1. The molecule has 108 valence electrons. The van der Waals surface area contributed by atoms with E-state index in [0.29, 0.717) is 12.0 Å². The normalized spacial score (nSPS) is 28.2. The molecule has 5 heteroatoms. The fourth-order valence-electron chi connectivity index (χ4n) is 3.24. The summed E-state index contributed by atoms with van der Waals surface area (Å²) < 4.78 is 1.13. The molecule has 2 N–H and O–H groups in total. The van der Waals surface area contributed by atoms with Gasteiger partial charge in [-0.15, -0.1) is 0 Å². The Bertz CT molecular complexity index is 512. The topological polar surface area (TPSA) is 44.4 Å². The Morgan fingerprint density at radius 2 is 2.10 bits per heavy atom. The van der Waals surface area contributed by atoms with Crippen LogP contribution in [0.2, 0.25) is 0 Å². The van der Waals surface area contributed by atoms with Crippen LogP contribution in [-0.2, 0) is 0 Å². The van der Waals surface area contributed by atoms with E-state index in [-0.39, 0.29) is 5.91 Å². The van der Waals surface area contributed by atoms with Gasteiger partial charge in [-0.3, -0.25) is 4.79 Å². The Hall–Kier alpha value is -0.820. The summed E-state index contributed by atoms with van der Waals surface area (Å²) in [4.78, 5) is 14.9. The third kappa shape index (κ3) is 2.79. The number of hydrogen-bond acceptors (Lipinski definition) is 3. The zero-order valence-corrected chi connectivity index (χ0v) is 13.8. The summed E-state index contributed by atoms with van der Waals surface area (Å²) in [5, 5.41) is 6.35. The number of benzene rings is 1. The standard InChI is InChI=1S/C15H20IN3O/c1-17-13-8-11(2-3-12(13)16)15(20)18-14-9-19-6-4-10(14)5-7-19/h2-3,8,10,14,17H,4-7,9H2,1H3,(H,18,20). The lowest BCUT2D eigenvalue weighted by molar-refractivity contribution is 0.0620. The third-order valence-corrected chi connectivity index (χ3v) is 5.41. The molecule has 3 aliphatic heterocycles. The van der Waals surface area contributed by atoms with E-state index in [4.69, 9.17) is 0 Å². The number of halogens is 1. The van der Waals surface area contributed by atoms with Crippen LogP contribution >= 0.6 is 22.6 Å². The minimum absolute atomic E-state index is 0.0525. The van der Waals surface area contributed by atoms with Crippen LogP contribution in [0.15, 0.2) is 18.2 Å². The summed E-state index contributed by atoms with van der Waals surface area (Å²) in [6.07, 6.45) is 2.44. The number of amides is 1. The van der Waals surface area contributed by atoms with Gasteiger partial charge >= 0.3 is 0 Å². The number of hydrogen-bond donors (Lipinski definition) is 2. The molecule has 3 fully saturated rings. The average molecular weight is 385 g/mol. The first-order chi connectivity index (χ1) is 9.67. The SMILES string of the molecule is CNc1cc(C(=O)NC2CN3CCC2CC3)ccc1I. The van der Waals surface area contributed by atoms with Crippen LogP contribution < -0.4 is 10.6 Å². The first-order valence-corrected chi connectivity index (χ1v) is 8.26. The minimum atomic E-state index is 0.0525. The van der Waals surface area contributed by atoms with Crippen molar-refractivity contribution in [2.75, 3.05) is 32.0 Å². The lowest BCUT2D eigenvalue weighted by atomic mass is 9.84. The van der Waals surface area contributed by atoms with Gasteiger partial charge in [0.05, 0.1) is 0 Å². The van der Waals surface area contributed by atoms with Gasteiger partial charge in [-0.2, -0.15) is 0 Å². The number of nitrogens with zero attached hydrogens (tertiary/aromatic N) is 1. The Balaban J connectivity index is 1.70. The van der Waals surface area contributed by atoms with Crippen LogP contribution in [0.1, 0.15) is 23.2 Å². The number of anilines is 1. The highest BCUT2D eigenvalue weighted by Gasteiger charge is 2.34. The Morgan fingerprint density at radius 1 is 1.35 bits per heavy atom. The van der Waals surface area contributed by atoms with Crippen molar-refractivity contribution in [1.82, 2.24) is 10.2 Å². The van der Waals surface area contributed by atoms with Crippen LogP contribution in [-0.4, -0.2) is 43.5 Å². The van der Waals surface area contributed by atoms with Crippen LogP contribution in [0.3, 0.4) is 0 Å². The van der Waals surface area contributed by atoms with E-state index < -0.39 is 0 Å². The number of carbonyl (C=O) groups is 1. The molecule has 2 bridgehead atoms. The maximum absolute atomic E-state index is 12.4. The highest BCUT2D eigenvalue weighted by atomic mass is 127. The molecule has 3 heterocycles. The first kappa shape index (κ1) is 14.1. The van der Waals surface area contributed by atoms with Gasteiger partial charge in [0.25, 0.3) is 5.91 Å². The van der Waals surface area contributed by atoms with E-state index >= 15 is 0 Å². The Kier molecular flexibility index (Phi) is 4.16. The summed E-state index contributed by atoms with van der Waals surface area (Å²) in [6.45, 7) is 3.41. The van der Waals surface area contributed by atoms with Crippen molar-refractivity contribution >= 4 is 34.2 Å². The van der Waals surface area contributed by atoms with Gasteiger partial charge in [0.2, 0.25) is 0 Å². The third-order valence-electron chi connectivity index (χ3n) is 4.47. The second-order valence-corrected chi connectivity index (χ2v) is 6.82. The predicted molar refractivity (Wildman–Crippen MR) is 89.1 cm³/mol. The molecule has 0 aliphatic carbocycles. The Labute approximate surface area is 133 Å². The molecule has 1 unspecified atom stereocenters. The second-order valence-electron chi connectivity index (χ2n) is 5.66. The fourth-order valence-corrected chi connectivity index (χ4v) is 3.84. The largest absolute Gasteiger partial charge is 0.387 e. The van der Waals surface area contributed by atoms with E-state index in [9.17, 15) is 4.79 Å². The number of carbonyl (C=O) groups excluding carboxylic acids is 1. The van der Waals surface area contributed by atoms with Crippen LogP contribution in [0.25, 0.3) is 0 Å². The molecule has 1 amide bonds. The number of nitrogens with one attached hydrogen (secondary N) is 2. The van der Waals surface area contributed by atoms with Gasteiger partial charge in [0.15, 0.2) is 0 Å². The number of piperidine rings is 3. The first-order valence-electron chi connectivity index (χ1n) is 7.18. The van der Waals surface area contributed by atoms with Gasteiger partial charge in [-0.05, 0) is 72.6 Å². The van der Waals surface area contributed by atoms with Crippen molar-refractivity contribution in [1.29, 1.82) is 0 Å². The maximum Gasteiger partial charge on any atom is 0.251 e. The molecular formula is C15H20IN3O. The van der Waals surface area contributed by atoms with Crippen molar-refractivity contribution in [3.63, 3.8) is 0 Å². The minimum Gasteiger partial charge on any atom is -0.387 e. The predicted octanol–water partition coefficient (Wildman–Crippen LogP) is 2.16. The molecule has 0 aromatic heterocycles. The van der Waals surface area contributed by atoms with E-state index in [1.807, 2.05) is 25.2 Å². The van der Waals surface area contributed by atoms with Crippen molar-refractivity contribution < 1.29 is 4.79 Å². The van der Waals surface area contributed by atoms with Crippen LogP contribution in [0, 0.1) is 9.49 Å². The molecular weight excluding hydrogens is 365 g/mol. The molecule has 1 aromatic rings. The van der Waals surface area contributed by atoms with Crippen molar-refractivity contribution in [3.05, 3.63) is 27.3 Å². The molecule has 3 saturated heterocycles.